The van der Waals surface area contributed by atoms with Crippen LogP contribution in [0.5, 0.6) is 0 Å². The SMILES string of the molecule is Cl.Clc1ccc2c(c1)C(N[C@@H]1C[C@H]1c1ccccc1)CC2. The Morgan fingerprint density at radius 1 is 1.05 bits per heavy atom. The van der Waals surface area contributed by atoms with E-state index in [1.165, 1.54) is 36.0 Å². The first-order valence-electron chi connectivity index (χ1n) is 7.40. The fourth-order valence-corrected chi connectivity index (χ4v) is 3.63. The molecule has 2 aromatic carbocycles. The van der Waals surface area contributed by atoms with Gasteiger partial charge in [0, 0.05) is 23.0 Å². The van der Waals surface area contributed by atoms with Crippen LogP contribution in [0.2, 0.25) is 5.02 Å². The van der Waals surface area contributed by atoms with E-state index in [0.717, 1.165) is 5.02 Å². The monoisotopic (exact) mass is 319 g/mol. The molecule has 3 heteroatoms. The second kappa shape index (κ2) is 6.00. The Labute approximate surface area is 137 Å². The van der Waals surface area contributed by atoms with Gasteiger partial charge in [0.1, 0.15) is 0 Å². The van der Waals surface area contributed by atoms with Gasteiger partial charge in [0.15, 0.2) is 0 Å². The smallest absolute Gasteiger partial charge is 0.0409 e. The van der Waals surface area contributed by atoms with Crippen molar-refractivity contribution in [2.45, 2.75) is 37.3 Å². The van der Waals surface area contributed by atoms with Crippen LogP contribution in [-0.2, 0) is 6.42 Å². The van der Waals surface area contributed by atoms with Crippen LogP contribution in [-0.4, -0.2) is 6.04 Å². The summed E-state index contributed by atoms with van der Waals surface area (Å²) in [6.45, 7) is 0. The highest BCUT2D eigenvalue weighted by molar-refractivity contribution is 6.30. The first-order valence-corrected chi connectivity index (χ1v) is 7.78. The molecule has 0 aromatic heterocycles. The van der Waals surface area contributed by atoms with Crippen molar-refractivity contribution in [3.05, 3.63) is 70.2 Å². The standard InChI is InChI=1S/C18H18ClN.ClH/c19-14-8-6-13-7-9-17(15(13)10-14)20-18-11-16(18)12-4-2-1-3-5-12;/h1-6,8,10,16-18,20H,7,9,11H2;1H/t16-,17?,18+;/m0./s1. The molecule has 2 aromatic rings. The molecule has 0 bridgehead atoms. The van der Waals surface area contributed by atoms with Gasteiger partial charge in [-0.1, -0.05) is 48.0 Å². The number of halogens is 2. The fraction of sp³-hybridized carbons (Fsp3) is 0.333. The van der Waals surface area contributed by atoms with Crippen molar-refractivity contribution in [3.8, 4) is 0 Å². The number of hydrogen-bond donors (Lipinski definition) is 1. The second-order valence-electron chi connectivity index (χ2n) is 5.96. The van der Waals surface area contributed by atoms with Crippen molar-refractivity contribution in [3.63, 3.8) is 0 Å². The molecule has 21 heavy (non-hydrogen) atoms. The molecular weight excluding hydrogens is 301 g/mol. The second-order valence-corrected chi connectivity index (χ2v) is 6.40. The lowest BCUT2D eigenvalue weighted by atomic mass is 10.1. The van der Waals surface area contributed by atoms with Gasteiger partial charge in [0.25, 0.3) is 0 Å². The zero-order valence-electron chi connectivity index (χ0n) is 11.8. The molecule has 2 aliphatic rings. The lowest BCUT2D eigenvalue weighted by Gasteiger charge is -2.14. The van der Waals surface area contributed by atoms with Gasteiger partial charge in [-0.25, -0.2) is 0 Å². The van der Waals surface area contributed by atoms with Crippen LogP contribution in [0.4, 0.5) is 0 Å². The Hall–Kier alpha value is -1.02. The van der Waals surface area contributed by atoms with E-state index in [1.54, 1.807) is 0 Å². The van der Waals surface area contributed by atoms with E-state index >= 15 is 0 Å². The lowest BCUT2D eigenvalue weighted by molar-refractivity contribution is 0.521. The summed E-state index contributed by atoms with van der Waals surface area (Å²) in [5.74, 6) is 0.694. The van der Waals surface area contributed by atoms with Gasteiger partial charge in [0.2, 0.25) is 0 Å². The summed E-state index contributed by atoms with van der Waals surface area (Å²) >= 11 is 6.14. The van der Waals surface area contributed by atoms with Gasteiger partial charge in [-0.05, 0) is 48.1 Å². The average Bonchev–Trinajstić information content (AvgIpc) is 3.14. The van der Waals surface area contributed by atoms with Crippen LogP contribution in [0.3, 0.4) is 0 Å². The summed E-state index contributed by atoms with van der Waals surface area (Å²) < 4.78 is 0. The van der Waals surface area contributed by atoms with Gasteiger partial charge in [-0.3, -0.25) is 0 Å². The Morgan fingerprint density at radius 2 is 1.86 bits per heavy atom. The topological polar surface area (TPSA) is 12.0 Å². The molecule has 4 rings (SSSR count). The van der Waals surface area contributed by atoms with Crippen molar-refractivity contribution in [2.24, 2.45) is 0 Å². The van der Waals surface area contributed by atoms with Gasteiger partial charge < -0.3 is 5.32 Å². The van der Waals surface area contributed by atoms with E-state index in [9.17, 15) is 0 Å². The third kappa shape index (κ3) is 2.96. The molecule has 1 nitrogen and oxygen atoms in total. The van der Waals surface area contributed by atoms with E-state index in [-0.39, 0.29) is 12.4 Å². The zero-order valence-corrected chi connectivity index (χ0v) is 13.3. The van der Waals surface area contributed by atoms with E-state index in [4.69, 9.17) is 11.6 Å². The highest BCUT2D eigenvalue weighted by atomic mass is 35.5. The minimum Gasteiger partial charge on any atom is -0.307 e. The predicted octanol–water partition coefficient (Wildman–Crippen LogP) is 4.89. The van der Waals surface area contributed by atoms with E-state index in [1.807, 2.05) is 6.07 Å². The molecule has 0 aliphatic heterocycles. The van der Waals surface area contributed by atoms with Crippen LogP contribution >= 0.6 is 24.0 Å². The summed E-state index contributed by atoms with van der Waals surface area (Å²) in [4.78, 5) is 0. The normalized spacial score (nSPS) is 26.0. The van der Waals surface area contributed by atoms with E-state index < -0.39 is 0 Å². The Kier molecular flexibility index (Phi) is 4.26. The maximum Gasteiger partial charge on any atom is 0.0409 e. The van der Waals surface area contributed by atoms with Crippen LogP contribution in [0.1, 0.15) is 41.5 Å². The molecule has 110 valence electrons. The molecule has 0 radical (unpaired) electrons. The lowest BCUT2D eigenvalue weighted by Crippen LogP contribution is -2.22. The van der Waals surface area contributed by atoms with Crippen molar-refractivity contribution in [1.82, 2.24) is 5.32 Å². The Morgan fingerprint density at radius 3 is 2.67 bits per heavy atom. The van der Waals surface area contributed by atoms with E-state index in [2.05, 4.69) is 47.8 Å². The van der Waals surface area contributed by atoms with Crippen molar-refractivity contribution in [1.29, 1.82) is 0 Å². The number of fused-ring (bicyclic) bond motifs is 1. The third-order valence-corrected chi connectivity index (χ3v) is 4.85. The van der Waals surface area contributed by atoms with Crippen LogP contribution in [0, 0.1) is 0 Å². The summed E-state index contributed by atoms with van der Waals surface area (Å²) in [6, 6.07) is 18.3. The Balaban J connectivity index is 0.00000132. The van der Waals surface area contributed by atoms with Crippen molar-refractivity contribution >= 4 is 24.0 Å². The zero-order chi connectivity index (χ0) is 13.5. The van der Waals surface area contributed by atoms with Crippen molar-refractivity contribution in [2.75, 3.05) is 0 Å². The largest absolute Gasteiger partial charge is 0.307 e. The summed E-state index contributed by atoms with van der Waals surface area (Å²) in [6.07, 6.45) is 3.64. The highest BCUT2D eigenvalue weighted by Gasteiger charge is 2.40. The van der Waals surface area contributed by atoms with Crippen LogP contribution < -0.4 is 5.32 Å². The molecule has 3 atom stereocenters. The van der Waals surface area contributed by atoms with E-state index in [0.29, 0.717) is 18.0 Å². The van der Waals surface area contributed by atoms with Gasteiger partial charge in [-0.15, -0.1) is 12.4 Å². The molecule has 1 unspecified atom stereocenters. The molecule has 1 saturated carbocycles. The minimum atomic E-state index is 0. The molecule has 0 amide bonds. The highest BCUT2D eigenvalue weighted by Crippen LogP contribution is 2.44. The first kappa shape index (κ1) is 14.9. The van der Waals surface area contributed by atoms with Crippen molar-refractivity contribution < 1.29 is 0 Å². The number of rotatable bonds is 3. The molecule has 0 saturated heterocycles. The maximum atomic E-state index is 6.14. The predicted molar refractivity (Wildman–Crippen MR) is 90.5 cm³/mol. The number of hydrogen-bond acceptors (Lipinski definition) is 1. The van der Waals surface area contributed by atoms with Gasteiger partial charge in [-0.2, -0.15) is 0 Å². The summed E-state index contributed by atoms with van der Waals surface area (Å²) in [5, 5.41) is 4.68. The fourth-order valence-electron chi connectivity index (χ4n) is 3.45. The third-order valence-electron chi connectivity index (χ3n) is 4.62. The van der Waals surface area contributed by atoms with Gasteiger partial charge >= 0.3 is 0 Å². The summed E-state index contributed by atoms with van der Waals surface area (Å²) in [7, 11) is 0. The minimum absolute atomic E-state index is 0. The molecule has 1 fully saturated rings. The molecule has 1 N–H and O–H groups in total. The van der Waals surface area contributed by atoms with Crippen LogP contribution in [0.25, 0.3) is 0 Å². The molecule has 0 heterocycles. The molecule has 2 aliphatic carbocycles. The Bertz CT molecular complexity index is 626. The molecule has 0 spiro atoms. The van der Waals surface area contributed by atoms with Gasteiger partial charge in [0.05, 0.1) is 0 Å². The average molecular weight is 320 g/mol. The number of nitrogens with one attached hydrogen (secondary N) is 1. The summed E-state index contributed by atoms with van der Waals surface area (Å²) in [5.41, 5.74) is 4.34. The first-order chi connectivity index (χ1) is 9.81. The number of aryl methyl sites for hydroxylation is 1. The maximum absolute atomic E-state index is 6.14. The quantitative estimate of drug-likeness (QED) is 0.848. The molecular formula is C18H19Cl2N. The van der Waals surface area contributed by atoms with Crippen LogP contribution in [0.15, 0.2) is 48.5 Å². The number of benzene rings is 2.